The molecule has 0 spiro atoms. The van der Waals surface area contributed by atoms with Crippen LogP contribution in [0.2, 0.25) is 0 Å². The van der Waals surface area contributed by atoms with Gasteiger partial charge in [0.25, 0.3) is 0 Å². The lowest BCUT2D eigenvalue weighted by molar-refractivity contribution is -0.133. The highest BCUT2D eigenvalue weighted by Gasteiger charge is 2.24. The van der Waals surface area contributed by atoms with Crippen molar-refractivity contribution in [1.82, 2.24) is 0 Å². The lowest BCUT2D eigenvalue weighted by atomic mass is 9.78. The van der Waals surface area contributed by atoms with Crippen LogP contribution in [0.1, 0.15) is 25.7 Å². The Morgan fingerprint density at radius 2 is 2.15 bits per heavy atom. The summed E-state index contributed by atoms with van der Waals surface area (Å²) in [6, 6.07) is 0. The summed E-state index contributed by atoms with van der Waals surface area (Å²) < 4.78 is 0. The molecule has 1 aliphatic carbocycles. The highest BCUT2D eigenvalue weighted by atomic mass is 16.4. The second-order valence-corrected chi connectivity index (χ2v) is 3.69. The zero-order chi connectivity index (χ0) is 9.84. The van der Waals surface area contributed by atoms with Gasteiger partial charge in [0.1, 0.15) is 0 Å². The average Bonchev–Trinajstić information content (AvgIpc) is 2.16. The number of hydrogen-bond donors (Lipinski definition) is 1. The molecule has 2 nitrogen and oxygen atoms in total. The molecule has 0 saturated heterocycles. The molecule has 72 valence electrons. The van der Waals surface area contributed by atoms with Gasteiger partial charge >= 0.3 is 5.97 Å². The van der Waals surface area contributed by atoms with E-state index < -0.39 is 5.97 Å². The van der Waals surface area contributed by atoms with Gasteiger partial charge in [0.05, 0.1) is 0 Å². The first-order valence-electron chi connectivity index (χ1n) is 4.69. The molecule has 0 radical (unpaired) electrons. The van der Waals surface area contributed by atoms with Crippen molar-refractivity contribution < 1.29 is 9.90 Å². The Bertz CT molecular complexity index is 230. The van der Waals surface area contributed by atoms with Crippen LogP contribution >= 0.6 is 0 Å². The highest BCUT2D eigenvalue weighted by Crippen LogP contribution is 2.33. The Morgan fingerprint density at radius 1 is 1.46 bits per heavy atom. The number of carboxylic acids is 1. The molecule has 0 aromatic rings. The van der Waals surface area contributed by atoms with Crippen molar-refractivity contribution in [2.24, 2.45) is 11.8 Å². The number of hydrogen-bond acceptors (Lipinski definition) is 1. The van der Waals surface area contributed by atoms with E-state index in [2.05, 4.69) is 13.2 Å². The summed E-state index contributed by atoms with van der Waals surface area (Å²) >= 11 is 0. The van der Waals surface area contributed by atoms with Gasteiger partial charge in [0, 0.05) is 5.57 Å². The summed E-state index contributed by atoms with van der Waals surface area (Å²) in [5.74, 6) is -0.209. The van der Waals surface area contributed by atoms with E-state index in [1.54, 1.807) is 0 Å². The molecular weight excluding hydrogens is 164 g/mol. The number of allylic oxidation sites excluding steroid dienone is 1. The maximum Gasteiger partial charge on any atom is 0.331 e. The Labute approximate surface area is 79.0 Å². The molecule has 2 unspecified atom stereocenters. The molecule has 2 atom stereocenters. The van der Waals surface area contributed by atoms with Gasteiger partial charge < -0.3 is 5.11 Å². The van der Waals surface area contributed by atoms with Gasteiger partial charge in [-0.25, -0.2) is 4.79 Å². The Morgan fingerprint density at radius 3 is 2.69 bits per heavy atom. The van der Waals surface area contributed by atoms with Gasteiger partial charge in [-0.3, -0.25) is 0 Å². The molecule has 1 rings (SSSR count). The molecule has 0 aliphatic heterocycles. The lowest BCUT2D eigenvalue weighted by Crippen LogP contribution is -2.19. The van der Waals surface area contributed by atoms with Gasteiger partial charge in [0.2, 0.25) is 0 Å². The van der Waals surface area contributed by atoms with Gasteiger partial charge in [-0.2, -0.15) is 0 Å². The molecule has 0 aromatic carbocycles. The maximum absolute atomic E-state index is 10.7. The number of carbonyl (C=O) groups is 1. The summed E-state index contributed by atoms with van der Waals surface area (Å²) in [5, 5.41) is 8.77. The zero-order valence-corrected chi connectivity index (χ0v) is 7.83. The van der Waals surface area contributed by atoms with Crippen molar-refractivity contribution in [2.45, 2.75) is 25.7 Å². The third-order valence-electron chi connectivity index (χ3n) is 2.82. The van der Waals surface area contributed by atoms with Crippen molar-refractivity contribution in [3.8, 4) is 0 Å². The maximum atomic E-state index is 10.7. The molecule has 2 heteroatoms. The first kappa shape index (κ1) is 10.0. The van der Waals surface area contributed by atoms with Crippen LogP contribution in [0.3, 0.4) is 0 Å². The van der Waals surface area contributed by atoms with E-state index in [4.69, 9.17) is 5.11 Å². The second-order valence-electron chi connectivity index (χ2n) is 3.69. The molecule has 1 N–H and O–H groups in total. The largest absolute Gasteiger partial charge is 0.478 e. The van der Waals surface area contributed by atoms with Crippen molar-refractivity contribution in [2.75, 3.05) is 0 Å². The van der Waals surface area contributed by atoms with E-state index in [9.17, 15) is 4.79 Å². The smallest absolute Gasteiger partial charge is 0.331 e. The second kappa shape index (κ2) is 4.26. The third-order valence-corrected chi connectivity index (χ3v) is 2.82. The fourth-order valence-corrected chi connectivity index (χ4v) is 1.93. The molecule has 0 aromatic heterocycles. The summed E-state index contributed by atoms with van der Waals surface area (Å²) in [6.07, 6.45) is 6.05. The van der Waals surface area contributed by atoms with Crippen LogP contribution in [0.15, 0.2) is 24.8 Å². The third kappa shape index (κ3) is 2.44. The minimum atomic E-state index is -0.852. The minimum Gasteiger partial charge on any atom is -0.478 e. The molecular formula is C11H16O2. The normalized spacial score (nSPS) is 28.0. The van der Waals surface area contributed by atoms with E-state index in [-0.39, 0.29) is 5.92 Å². The van der Waals surface area contributed by atoms with Crippen LogP contribution in [0, 0.1) is 11.8 Å². The summed E-state index contributed by atoms with van der Waals surface area (Å²) in [5.41, 5.74) is 0.367. The van der Waals surface area contributed by atoms with E-state index >= 15 is 0 Å². The molecule has 0 heterocycles. The fourth-order valence-electron chi connectivity index (χ4n) is 1.93. The first-order valence-corrected chi connectivity index (χ1v) is 4.69. The van der Waals surface area contributed by atoms with Crippen LogP contribution in [0.5, 0.6) is 0 Å². The number of carboxylic acid groups (broad SMARTS) is 1. The quantitative estimate of drug-likeness (QED) is 0.535. The van der Waals surface area contributed by atoms with E-state index in [1.165, 1.54) is 0 Å². The molecule has 0 bridgehead atoms. The van der Waals surface area contributed by atoms with Crippen LogP contribution in [-0.2, 0) is 4.79 Å². The first-order chi connectivity index (χ1) is 6.15. The monoisotopic (exact) mass is 180 g/mol. The fraction of sp³-hybridized carbons (Fsp3) is 0.545. The molecule has 0 amide bonds. The van der Waals surface area contributed by atoms with Crippen LogP contribution in [0.4, 0.5) is 0 Å². The van der Waals surface area contributed by atoms with E-state index in [0.29, 0.717) is 11.5 Å². The minimum absolute atomic E-state index is 0.161. The van der Waals surface area contributed by atoms with Crippen molar-refractivity contribution in [3.05, 3.63) is 24.8 Å². The van der Waals surface area contributed by atoms with Gasteiger partial charge in [-0.05, 0) is 31.1 Å². The van der Waals surface area contributed by atoms with Crippen LogP contribution in [-0.4, -0.2) is 11.1 Å². The van der Waals surface area contributed by atoms with Crippen molar-refractivity contribution in [3.63, 3.8) is 0 Å². The number of rotatable bonds is 3. The summed E-state index contributed by atoms with van der Waals surface area (Å²) in [6.45, 7) is 7.36. The Balaban J connectivity index is 2.55. The predicted octanol–water partition coefficient (Wildman–Crippen LogP) is 2.62. The molecule has 13 heavy (non-hydrogen) atoms. The summed E-state index contributed by atoms with van der Waals surface area (Å²) in [7, 11) is 0. The summed E-state index contributed by atoms with van der Waals surface area (Å²) in [4.78, 5) is 10.7. The SMILES string of the molecule is C=CC1CCCC(C(=C)C(=O)O)C1. The van der Waals surface area contributed by atoms with Crippen molar-refractivity contribution >= 4 is 5.97 Å². The Hall–Kier alpha value is -1.05. The zero-order valence-electron chi connectivity index (χ0n) is 7.83. The van der Waals surface area contributed by atoms with Gasteiger partial charge in [-0.15, -0.1) is 6.58 Å². The van der Waals surface area contributed by atoms with Crippen molar-refractivity contribution in [1.29, 1.82) is 0 Å². The van der Waals surface area contributed by atoms with Crippen LogP contribution in [0.25, 0.3) is 0 Å². The van der Waals surface area contributed by atoms with Gasteiger partial charge in [-0.1, -0.05) is 19.1 Å². The number of aliphatic carboxylic acids is 1. The van der Waals surface area contributed by atoms with Gasteiger partial charge in [0.15, 0.2) is 0 Å². The van der Waals surface area contributed by atoms with E-state index in [0.717, 1.165) is 25.7 Å². The topological polar surface area (TPSA) is 37.3 Å². The molecule has 1 aliphatic rings. The highest BCUT2D eigenvalue weighted by molar-refractivity contribution is 5.86. The lowest BCUT2D eigenvalue weighted by Gasteiger charge is -2.26. The average molecular weight is 180 g/mol. The predicted molar refractivity (Wildman–Crippen MR) is 52.4 cm³/mol. The standard InChI is InChI=1S/C11H16O2/c1-3-9-5-4-6-10(7-9)8(2)11(12)13/h3,9-10H,1-2,4-7H2,(H,12,13). The Kier molecular flexibility index (Phi) is 3.29. The van der Waals surface area contributed by atoms with E-state index in [1.807, 2.05) is 6.08 Å². The van der Waals surface area contributed by atoms with Crippen LogP contribution < -0.4 is 0 Å². The molecule has 1 fully saturated rings. The molecule has 1 saturated carbocycles.